The standard InChI is InChI=1S/C20H22O3/c1-3-4-5-7-16-10-12-17(13-11-16)20-18(14-21)8-6-9-19(20)23-15(2)22/h6,8-14H,3-5,7H2,1-2H3. The van der Waals surface area contributed by atoms with E-state index in [1.807, 2.05) is 12.1 Å². The molecule has 2 aromatic rings. The monoisotopic (exact) mass is 310 g/mol. The molecule has 0 radical (unpaired) electrons. The predicted octanol–water partition coefficient (Wildman–Crippen LogP) is 4.82. The van der Waals surface area contributed by atoms with Crippen molar-refractivity contribution in [2.75, 3.05) is 0 Å². The van der Waals surface area contributed by atoms with Crippen LogP contribution >= 0.6 is 0 Å². The highest BCUT2D eigenvalue weighted by Gasteiger charge is 2.13. The highest BCUT2D eigenvalue weighted by Crippen LogP contribution is 2.33. The first-order chi connectivity index (χ1) is 11.2. The quantitative estimate of drug-likeness (QED) is 0.318. The first-order valence-electron chi connectivity index (χ1n) is 8.01. The van der Waals surface area contributed by atoms with Crippen molar-refractivity contribution in [2.45, 2.75) is 39.5 Å². The maximum atomic E-state index is 11.3. The minimum absolute atomic E-state index is 0.398. The van der Waals surface area contributed by atoms with Gasteiger partial charge in [-0.3, -0.25) is 9.59 Å². The Morgan fingerprint density at radius 1 is 1.09 bits per heavy atom. The molecule has 3 nitrogen and oxygen atoms in total. The summed E-state index contributed by atoms with van der Waals surface area (Å²) in [5.74, 6) is 0.0197. The summed E-state index contributed by atoms with van der Waals surface area (Å²) < 4.78 is 5.25. The Balaban J connectivity index is 2.33. The number of rotatable bonds is 7. The zero-order chi connectivity index (χ0) is 16.7. The van der Waals surface area contributed by atoms with Gasteiger partial charge in [0.25, 0.3) is 0 Å². The van der Waals surface area contributed by atoms with Crippen LogP contribution in [0.3, 0.4) is 0 Å². The van der Waals surface area contributed by atoms with Crippen molar-refractivity contribution < 1.29 is 14.3 Å². The summed E-state index contributed by atoms with van der Waals surface area (Å²) in [6.45, 7) is 3.55. The Hall–Kier alpha value is -2.42. The average molecular weight is 310 g/mol. The van der Waals surface area contributed by atoms with Gasteiger partial charge in [-0.25, -0.2) is 0 Å². The van der Waals surface area contributed by atoms with E-state index in [0.717, 1.165) is 18.3 Å². The molecule has 0 unspecified atom stereocenters. The average Bonchev–Trinajstić information content (AvgIpc) is 2.55. The molecule has 0 N–H and O–H groups in total. The second-order valence-electron chi connectivity index (χ2n) is 5.59. The smallest absolute Gasteiger partial charge is 0.308 e. The lowest BCUT2D eigenvalue weighted by molar-refractivity contribution is -0.131. The van der Waals surface area contributed by atoms with Gasteiger partial charge >= 0.3 is 5.97 Å². The lowest BCUT2D eigenvalue weighted by atomic mass is 9.97. The third-order valence-corrected chi connectivity index (χ3v) is 3.75. The number of aldehydes is 1. The van der Waals surface area contributed by atoms with Crippen LogP contribution < -0.4 is 4.74 Å². The van der Waals surface area contributed by atoms with Gasteiger partial charge in [-0.2, -0.15) is 0 Å². The van der Waals surface area contributed by atoms with Gasteiger partial charge in [-0.15, -0.1) is 0 Å². The van der Waals surface area contributed by atoms with Gasteiger partial charge in [0.15, 0.2) is 6.29 Å². The first kappa shape index (κ1) is 16.9. The van der Waals surface area contributed by atoms with Crippen LogP contribution in [0.1, 0.15) is 49.0 Å². The number of benzene rings is 2. The van der Waals surface area contributed by atoms with E-state index >= 15 is 0 Å². The highest BCUT2D eigenvalue weighted by atomic mass is 16.5. The second kappa shape index (κ2) is 8.28. The maximum absolute atomic E-state index is 11.3. The van der Waals surface area contributed by atoms with E-state index in [-0.39, 0.29) is 0 Å². The minimum atomic E-state index is -0.398. The molecule has 0 amide bonds. The van der Waals surface area contributed by atoms with Crippen LogP contribution in [0.5, 0.6) is 5.75 Å². The summed E-state index contributed by atoms with van der Waals surface area (Å²) >= 11 is 0. The molecular formula is C20H22O3. The molecule has 0 saturated heterocycles. The Morgan fingerprint density at radius 2 is 1.83 bits per heavy atom. The summed E-state index contributed by atoms with van der Waals surface area (Å²) in [6.07, 6.45) is 5.46. The number of hydrogen-bond acceptors (Lipinski definition) is 3. The number of ether oxygens (including phenoxy) is 1. The van der Waals surface area contributed by atoms with Gasteiger partial charge in [0.2, 0.25) is 0 Å². The molecule has 0 fully saturated rings. The van der Waals surface area contributed by atoms with Crippen LogP contribution in [0, 0.1) is 0 Å². The molecule has 3 heteroatoms. The number of hydrogen-bond donors (Lipinski definition) is 0. The van der Waals surface area contributed by atoms with Gasteiger partial charge < -0.3 is 4.74 Å². The molecule has 0 saturated carbocycles. The van der Waals surface area contributed by atoms with Crippen molar-refractivity contribution in [1.29, 1.82) is 0 Å². The zero-order valence-corrected chi connectivity index (χ0v) is 13.7. The van der Waals surface area contributed by atoms with Crippen molar-refractivity contribution in [3.8, 4) is 16.9 Å². The molecule has 0 atom stereocenters. The lowest BCUT2D eigenvalue weighted by Crippen LogP contribution is -2.04. The van der Waals surface area contributed by atoms with E-state index in [0.29, 0.717) is 16.9 Å². The molecule has 0 heterocycles. The van der Waals surface area contributed by atoms with Gasteiger partial charge in [-0.1, -0.05) is 56.2 Å². The molecule has 2 rings (SSSR count). The van der Waals surface area contributed by atoms with Crippen molar-refractivity contribution in [3.63, 3.8) is 0 Å². The lowest BCUT2D eigenvalue weighted by Gasteiger charge is -2.12. The van der Waals surface area contributed by atoms with Crippen molar-refractivity contribution in [1.82, 2.24) is 0 Å². The fourth-order valence-electron chi connectivity index (χ4n) is 2.61. The second-order valence-corrected chi connectivity index (χ2v) is 5.59. The van der Waals surface area contributed by atoms with Crippen molar-refractivity contribution in [3.05, 3.63) is 53.6 Å². The van der Waals surface area contributed by atoms with E-state index in [4.69, 9.17) is 4.74 Å². The third kappa shape index (κ3) is 4.52. The third-order valence-electron chi connectivity index (χ3n) is 3.75. The van der Waals surface area contributed by atoms with Crippen LogP contribution in [-0.4, -0.2) is 12.3 Å². The normalized spacial score (nSPS) is 10.3. The summed E-state index contributed by atoms with van der Waals surface area (Å²) in [5, 5.41) is 0. The van der Waals surface area contributed by atoms with Gasteiger partial charge in [-0.05, 0) is 30.0 Å². The Labute approximate surface area is 137 Å². The zero-order valence-electron chi connectivity index (χ0n) is 13.7. The Kier molecular flexibility index (Phi) is 6.10. The molecule has 0 spiro atoms. The predicted molar refractivity (Wildman–Crippen MR) is 91.8 cm³/mol. The van der Waals surface area contributed by atoms with E-state index in [9.17, 15) is 9.59 Å². The number of aryl methyl sites for hydroxylation is 1. The number of carbonyl (C=O) groups is 2. The summed E-state index contributed by atoms with van der Waals surface area (Å²) in [7, 11) is 0. The van der Waals surface area contributed by atoms with E-state index in [2.05, 4.69) is 19.1 Å². The molecule has 2 aromatic carbocycles. The highest BCUT2D eigenvalue weighted by molar-refractivity contribution is 5.91. The molecule has 120 valence electrons. The van der Waals surface area contributed by atoms with Crippen LogP contribution in [0.4, 0.5) is 0 Å². The summed E-state index contributed by atoms with van der Waals surface area (Å²) in [6, 6.07) is 13.3. The van der Waals surface area contributed by atoms with Crippen LogP contribution in [0.15, 0.2) is 42.5 Å². The maximum Gasteiger partial charge on any atom is 0.308 e. The molecular weight excluding hydrogens is 288 g/mol. The molecule has 0 aliphatic heterocycles. The van der Waals surface area contributed by atoms with Crippen molar-refractivity contribution in [2.24, 2.45) is 0 Å². The molecule has 0 aliphatic carbocycles. The SMILES string of the molecule is CCCCCc1ccc(-c2c(C=O)cccc2OC(C)=O)cc1. The fourth-order valence-corrected chi connectivity index (χ4v) is 2.61. The molecule has 0 aromatic heterocycles. The molecule has 0 bridgehead atoms. The van der Waals surface area contributed by atoms with E-state index in [1.165, 1.54) is 31.7 Å². The summed E-state index contributed by atoms with van der Waals surface area (Å²) in [4.78, 5) is 22.6. The molecule has 0 aliphatic rings. The van der Waals surface area contributed by atoms with Crippen molar-refractivity contribution >= 4 is 12.3 Å². The first-order valence-corrected chi connectivity index (χ1v) is 8.01. The van der Waals surface area contributed by atoms with Gasteiger partial charge in [0.05, 0.1) is 0 Å². The number of esters is 1. The summed E-state index contributed by atoms with van der Waals surface area (Å²) in [5.41, 5.74) is 3.34. The van der Waals surface area contributed by atoms with Crippen LogP contribution in [-0.2, 0) is 11.2 Å². The number of unbranched alkanes of at least 4 members (excludes halogenated alkanes) is 2. The minimum Gasteiger partial charge on any atom is -0.426 e. The van der Waals surface area contributed by atoms with Gasteiger partial charge in [0.1, 0.15) is 5.75 Å². The van der Waals surface area contributed by atoms with Crippen LogP contribution in [0.25, 0.3) is 11.1 Å². The fraction of sp³-hybridized carbons (Fsp3) is 0.300. The topological polar surface area (TPSA) is 43.4 Å². The molecule has 23 heavy (non-hydrogen) atoms. The number of carbonyl (C=O) groups excluding carboxylic acids is 2. The Bertz CT molecular complexity index is 672. The van der Waals surface area contributed by atoms with Crippen LogP contribution in [0.2, 0.25) is 0 Å². The Morgan fingerprint density at radius 3 is 2.43 bits per heavy atom. The van der Waals surface area contributed by atoms with E-state index in [1.54, 1.807) is 18.2 Å². The largest absolute Gasteiger partial charge is 0.426 e. The van der Waals surface area contributed by atoms with E-state index < -0.39 is 5.97 Å². The van der Waals surface area contributed by atoms with Gasteiger partial charge in [0, 0.05) is 18.1 Å².